The molecule has 0 spiro atoms. The van der Waals surface area contributed by atoms with Crippen molar-refractivity contribution in [3.05, 3.63) is 0 Å². The van der Waals surface area contributed by atoms with Crippen LogP contribution in [0.5, 0.6) is 0 Å². The zero-order chi connectivity index (χ0) is 13.1. The number of amides is 2. The number of hydrogen-bond donors (Lipinski definition) is 2. The number of rotatable bonds is 4. The standard InChI is InChI=1S/C13H23N3O2/c1-9-7-10(5-6-14-9)13(18)16(2)8-12(17)15-11-3-4-11/h9-11,14H,3-8H2,1-2H3,(H,15,17). The molecule has 1 saturated heterocycles. The lowest BCUT2D eigenvalue weighted by molar-refractivity contribution is -0.139. The van der Waals surface area contributed by atoms with E-state index in [4.69, 9.17) is 0 Å². The number of carbonyl (C=O) groups excluding carboxylic acids is 2. The first-order valence-corrected chi connectivity index (χ1v) is 6.84. The van der Waals surface area contributed by atoms with Crippen molar-refractivity contribution < 1.29 is 9.59 Å². The van der Waals surface area contributed by atoms with E-state index in [1.165, 1.54) is 0 Å². The summed E-state index contributed by atoms with van der Waals surface area (Å²) in [5.74, 6) is 0.143. The average molecular weight is 253 g/mol. The van der Waals surface area contributed by atoms with Gasteiger partial charge >= 0.3 is 0 Å². The molecular formula is C13H23N3O2. The number of nitrogens with zero attached hydrogens (tertiary/aromatic N) is 1. The number of hydrogen-bond acceptors (Lipinski definition) is 3. The maximum Gasteiger partial charge on any atom is 0.239 e. The lowest BCUT2D eigenvalue weighted by Crippen LogP contribution is -2.45. The van der Waals surface area contributed by atoms with Gasteiger partial charge in [0.1, 0.15) is 0 Å². The Labute approximate surface area is 108 Å². The van der Waals surface area contributed by atoms with Crippen LogP contribution in [0.4, 0.5) is 0 Å². The second-order valence-corrected chi connectivity index (χ2v) is 5.61. The van der Waals surface area contributed by atoms with E-state index in [0.717, 1.165) is 32.2 Å². The van der Waals surface area contributed by atoms with Gasteiger partial charge in [0.15, 0.2) is 0 Å². The number of likely N-dealkylation sites (N-methyl/N-ethyl adjacent to an activating group) is 1. The third kappa shape index (κ3) is 3.70. The molecule has 5 nitrogen and oxygen atoms in total. The number of piperidine rings is 1. The minimum atomic E-state index is -0.0321. The van der Waals surface area contributed by atoms with Gasteiger partial charge in [0.05, 0.1) is 6.54 Å². The second kappa shape index (κ2) is 5.69. The zero-order valence-electron chi connectivity index (χ0n) is 11.2. The second-order valence-electron chi connectivity index (χ2n) is 5.61. The third-order valence-corrected chi connectivity index (χ3v) is 3.67. The minimum Gasteiger partial charge on any atom is -0.352 e. The Bertz CT molecular complexity index is 328. The first kappa shape index (κ1) is 13.3. The van der Waals surface area contributed by atoms with Crippen LogP contribution in [0.25, 0.3) is 0 Å². The molecule has 102 valence electrons. The summed E-state index contributed by atoms with van der Waals surface area (Å²) in [5, 5.41) is 6.24. The van der Waals surface area contributed by atoms with Crippen LogP contribution < -0.4 is 10.6 Å². The van der Waals surface area contributed by atoms with Gasteiger partial charge < -0.3 is 15.5 Å². The van der Waals surface area contributed by atoms with Crippen molar-refractivity contribution in [1.29, 1.82) is 0 Å². The molecule has 5 heteroatoms. The van der Waals surface area contributed by atoms with Crippen LogP contribution >= 0.6 is 0 Å². The van der Waals surface area contributed by atoms with Gasteiger partial charge in [-0.3, -0.25) is 9.59 Å². The maximum atomic E-state index is 12.2. The normalized spacial score (nSPS) is 27.7. The Morgan fingerprint density at radius 3 is 2.67 bits per heavy atom. The Balaban J connectivity index is 1.77. The van der Waals surface area contributed by atoms with Gasteiger partial charge in [0.2, 0.25) is 11.8 Å². The molecule has 2 aliphatic rings. The molecule has 0 bridgehead atoms. The molecule has 0 aromatic rings. The molecule has 1 heterocycles. The molecular weight excluding hydrogens is 230 g/mol. The van der Waals surface area contributed by atoms with Crippen LogP contribution in [0.1, 0.15) is 32.6 Å². The average Bonchev–Trinajstić information content (AvgIpc) is 3.11. The van der Waals surface area contributed by atoms with Gasteiger partial charge in [0.25, 0.3) is 0 Å². The van der Waals surface area contributed by atoms with E-state index >= 15 is 0 Å². The van der Waals surface area contributed by atoms with Crippen LogP contribution in [-0.2, 0) is 9.59 Å². The monoisotopic (exact) mass is 253 g/mol. The summed E-state index contributed by atoms with van der Waals surface area (Å²) in [6.45, 7) is 3.17. The van der Waals surface area contributed by atoms with Crippen LogP contribution in [-0.4, -0.2) is 48.9 Å². The molecule has 0 aromatic heterocycles. The Kier molecular flexibility index (Phi) is 4.22. The molecule has 2 fully saturated rings. The predicted molar refractivity (Wildman–Crippen MR) is 69.0 cm³/mol. The van der Waals surface area contributed by atoms with Crippen LogP contribution in [0.2, 0.25) is 0 Å². The topological polar surface area (TPSA) is 61.4 Å². The van der Waals surface area contributed by atoms with E-state index in [-0.39, 0.29) is 24.3 Å². The molecule has 1 saturated carbocycles. The summed E-state index contributed by atoms with van der Waals surface area (Å²) in [7, 11) is 1.72. The molecule has 0 radical (unpaired) electrons. The highest BCUT2D eigenvalue weighted by molar-refractivity contribution is 5.86. The van der Waals surface area contributed by atoms with Gasteiger partial charge in [-0.15, -0.1) is 0 Å². The predicted octanol–water partition coefficient (Wildman–Crippen LogP) is 0.112. The molecule has 2 unspecified atom stereocenters. The fourth-order valence-electron chi connectivity index (χ4n) is 2.46. The van der Waals surface area contributed by atoms with Crippen molar-refractivity contribution >= 4 is 11.8 Å². The van der Waals surface area contributed by atoms with Crippen molar-refractivity contribution in [3.63, 3.8) is 0 Å². The first-order chi connectivity index (χ1) is 8.56. The first-order valence-electron chi connectivity index (χ1n) is 6.84. The van der Waals surface area contributed by atoms with Gasteiger partial charge in [-0.05, 0) is 39.2 Å². The molecule has 2 N–H and O–H groups in total. The lowest BCUT2D eigenvalue weighted by atomic mass is 9.92. The van der Waals surface area contributed by atoms with Gasteiger partial charge in [-0.25, -0.2) is 0 Å². The van der Waals surface area contributed by atoms with Gasteiger partial charge in [-0.1, -0.05) is 0 Å². The van der Waals surface area contributed by atoms with E-state index in [2.05, 4.69) is 17.6 Å². The fraction of sp³-hybridized carbons (Fsp3) is 0.846. The summed E-state index contributed by atoms with van der Waals surface area (Å²) in [6, 6.07) is 0.751. The highest BCUT2D eigenvalue weighted by Crippen LogP contribution is 2.19. The molecule has 1 aliphatic carbocycles. The number of carbonyl (C=O) groups is 2. The highest BCUT2D eigenvalue weighted by Gasteiger charge is 2.29. The van der Waals surface area contributed by atoms with Crippen molar-refractivity contribution in [2.45, 2.75) is 44.7 Å². The highest BCUT2D eigenvalue weighted by atomic mass is 16.2. The minimum absolute atomic E-state index is 0.0321. The Morgan fingerprint density at radius 1 is 1.33 bits per heavy atom. The molecule has 18 heavy (non-hydrogen) atoms. The third-order valence-electron chi connectivity index (χ3n) is 3.67. The zero-order valence-corrected chi connectivity index (χ0v) is 11.2. The SMILES string of the molecule is CC1CC(C(=O)N(C)CC(=O)NC2CC2)CCN1. The summed E-state index contributed by atoms with van der Waals surface area (Å²) in [5.41, 5.74) is 0. The van der Waals surface area contributed by atoms with Crippen molar-refractivity contribution in [2.75, 3.05) is 20.1 Å². The van der Waals surface area contributed by atoms with Crippen LogP contribution in [0, 0.1) is 5.92 Å². The molecule has 2 amide bonds. The lowest BCUT2D eigenvalue weighted by Gasteiger charge is -2.30. The van der Waals surface area contributed by atoms with E-state index < -0.39 is 0 Å². The number of nitrogens with one attached hydrogen (secondary N) is 2. The van der Waals surface area contributed by atoms with E-state index in [1.54, 1.807) is 11.9 Å². The summed E-state index contributed by atoms with van der Waals surface area (Å²) < 4.78 is 0. The van der Waals surface area contributed by atoms with Crippen LogP contribution in [0.15, 0.2) is 0 Å². The van der Waals surface area contributed by atoms with Crippen LogP contribution in [0.3, 0.4) is 0 Å². The summed E-state index contributed by atoms with van der Waals surface area (Å²) in [4.78, 5) is 25.4. The van der Waals surface area contributed by atoms with Crippen molar-refractivity contribution in [2.24, 2.45) is 5.92 Å². The molecule has 1 aliphatic heterocycles. The Hall–Kier alpha value is -1.10. The van der Waals surface area contributed by atoms with E-state index in [0.29, 0.717) is 12.1 Å². The van der Waals surface area contributed by atoms with Crippen molar-refractivity contribution in [3.8, 4) is 0 Å². The molecule has 2 rings (SSSR count). The van der Waals surface area contributed by atoms with E-state index in [9.17, 15) is 9.59 Å². The summed E-state index contributed by atoms with van der Waals surface area (Å²) >= 11 is 0. The molecule has 2 atom stereocenters. The van der Waals surface area contributed by atoms with Gasteiger partial charge in [-0.2, -0.15) is 0 Å². The Morgan fingerprint density at radius 2 is 2.06 bits per heavy atom. The summed E-state index contributed by atoms with van der Waals surface area (Å²) in [6.07, 6.45) is 3.90. The molecule has 0 aromatic carbocycles. The van der Waals surface area contributed by atoms with Gasteiger partial charge in [0, 0.05) is 25.0 Å². The van der Waals surface area contributed by atoms with Crippen molar-refractivity contribution in [1.82, 2.24) is 15.5 Å². The largest absolute Gasteiger partial charge is 0.352 e. The maximum absolute atomic E-state index is 12.2. The van der Waals surface area contributed by atoms with E-state index in [1.807, 2.05) is 0 Å². The quantitative estimate of drug-likeness (QED) is 0.747. The fourth-order valence-corrected chi connectivity index (χ4v) is 2.46. The smallest absolute Gasteiger partial charge is 0.239 e.